The van der Waals surface area contributed by atoms with Gasteiger partial charge >= 0.3 is 12.2 Å². The van der Waals surface area contributed by atoms with Crippen molar-refractivity contribution in [3.05, 3.63) is 88.9 Å². The number of carbonyl (C=O) groups is 2. The molecule has 0 aliphatic carbocycles. The Balaban J connectivity index is 1.57. The van der Waals surface area contributed by atoms with Gasteiger partial charge in [0, 0.05) is 16.4 Å². The van der Waals surface area contributed by atoms with E-state index in [2.05, 4.69) is 10.6 Å². The quantitative estimate of drug-likeness (QED) is 0.411. The van der Waals surface area contributed by atoms with Gasteiger partial charge in [-0.3, -0.25) is 10.6 Å². The van der Waals surface area contributed by atoms with Crippen LogP contribution in [-0.4, -0.2) is 31.5 Å². The molecule has 0 spiro atoms. The number of aryl methyl sites for hydroxylation is 2. The average Bonchev–Trinajstić information content (AvgIpc) is 2.80. The molecule has 0 heterocycles. The molecule has 0 aromatic heterocycles. The standard InChI is InChI=1S/C25H25ClN2O5/c1-17-3-9-20(10-4-17)27-24(29)32-16-23(15-31-22-13-7-19(26)8-14-22)33-25(30)28-21-11-5-18(2)6-12-21/h3-14,23H,15-16H2,1-2H3,(H,27,29)(H,28,30)/t23-/m1/s1. The summed E-state index contributed by atoms with van der Waals surface area (Å²) in [5.74, 6) is 0.538. The summed E-state index contributed by atoms with van der Waals surface area (Å²) >= 11 is 5.89. The van der Waals surface area contributed by atoms with E-state index in [1.54, 1.807) is 48.5 Å². The molecule has 8 heteroatoms. The molecule has 0 fully saturated rings. The Hall–Kier alpha value is -3.71. The van der Waals surface area contributed by atoms with Crippen LogP contribution in [0.15, 0.2) is 72.8 Å². The van der Waals surface area contributed by atoms with Crippen LogP contribution in [0, 0.1) is 13.8 Å². The number of anilines is 2. The molecule has 0 bridgehead atoms. The molecular weight excluding hydrogens is 444 g/mol. The molecule has 0 unspecified atom stereocenters. The van der Waals surface area contributed by atoms with Crippen LogP contribution in [0.3, 0.4) is 0 Å². The molecule has 3 rings (SSSR count). The molecule has 33 heavy (non-hydrogen) atoms. The van der Waals surface area contributed by atoms with Gasteiger partial charge in [-0.25, -0.2) is 9.59 Å². The summed E-state index contributed by atoms with van der Waals surface area (Å²) in [6.07, 6.45) is -2.21. The predicted octanol–water partition coefficient (Wildman–Crippen LogP) is 6.20. The van der Waals surface area contributed by atoms with E-state index >= 15 is 0 Å². The zero-order valence-corrected chi connectivity index (χ0v) is 19.1. The van der Waals surface area contributed by atoms with Gasteiger partial charge in [0.25, 0.3) is 0 Å². The number of amides is 2. The minimum Gasteiger partial charge on any atom is -0.490 e. The first-order valence-electron chi connectivity index (χ1n) is 10.3. The maximum absolute atomic E-state index is 12.4. The van der Waals surface area contributed by atoms with E-state index in [-0.39, 0.29) is 13.2 Å². The smallest absolute Gasteiger partial charge is 0.412 e. The Labute approximate surface area is 197 Å². The molecule has 3 aromatic rings. The van der Waals surface area contributed by atoms with Crippen LogP contribution in [-0.2, 0) is 9.47 Å². The molecule has 0 saturated carbocycles. The number of hydrogen-bond acceptors (Lipinski definition) is 5. The minimum atomic E-state index is -0.852. The van der Waals surface area contributed by atoms with Crippen molar-refractivity contribution in [2.75, 3.05) is 23.8 Å². The van der Waals surface area contributed by atoms with Crippen molar-refractivity contribution in [3.8, 4) is 5.75 Å². The minimum absolute atomic E-state index is 0.0270. The Bertz CT molecular complexity index is 1050. The largest absolute Gasteiger partial charge is 0.490 e. The molecule has 1 atom stereocenters. The van der Waals surface area contributed by atoms with Crippen molar-refractivity contribution in [1.82, 2.24) is 0 Å². The lowest BCUT2D eigenvalue weighted by molar-refractivity contribution is 0.0290. The molecule has 0 saturated heterocycles. The van der Waals surface area contributed by atoms with Crippen molar-refractivity contribution < 1.29 is 23.8 Å². The normalized spacial score (nSPS) is 11.2. The molecule has 2 N–H and O–H groups in total. The van der Waals surface area contributed by atoms with Gasteiger partial charge in [0.05, 0.1) is 0 Å². The molecule has 172 valence electrons. The lowest BCUT2D eigenvalue weighted by atomic mass is 10.2. The second kappa shape index (κ2) is 11.8. The molecular formula is C25H25ClN2O5. The summed E-state index contributed by atoms with van der Waals surface area (Å²) in [7, 11) is 0. The predicted molar refractivity (Wildman–Crippen MR) is 128 cm³/mol. The zero-order chi connectivity index (χ0) is 23.6. The fourth-order valence-corrected chi connectivity index (χ4v) is 2.86. The number of ether oxygens (including phenoxy) is 3. The van der Waals surface area contributed by atoms with Crippen molar-refractivity contribution in [2.24, 2.45) is 0 Å². The molecule has 0 aliphatic heterocycles. The number of hydrogen-bond donors (Lipinski definition) is 2. The Morgan fingerprint density at radius 1 is 0.758 bits per heavy atom. The summed E-state index contributed by atoms with van der Waals surface area (Å²) in [5, 5.41) is 5.85. The number of rotatable bonds is 8. The van der Waals surface area contributed by atoms with Crippen molar-refractivity contribution >= 4 is 35.2 Å². The van der Waals surface area contributed by atoms with E-state index in [1.807, 2.05) is 38.1 Å². The van der Waals surface area contributed by atoms with E-state index in [0.717, 1.165) is 11.1 Å². The maximum Gasteiger partial charge on any atom is 0.412 e. The Morgan fingerprint density at radius 2 is 1.27 bits per heavy atom. The Kier molecular flexibility index (Phi) is 8.55. The van der Waals surface area contributed by atoms with Gasteiger partial charge < -0.3 is 14.2 Å². The highest BCUT2D eigenvalue weighted by atomic mass is 35.5. The van der Waals surface area contributed by atoms with E-state index in [1.165, 1.54) is 0 Å². The summed E-state index contributed by atoms with van der Waals surface area (Å²) in [6.45, 7) is 3.67. The first kappa shape index (κ1) is 23.9. The number of carbonyl (C=O) groups excluding carboxylic acids is 2. The molecule has 3 aromatic carbocycles. The highest BCUT2D eigenvalue weighted by Gasteiger charge is 2.19. The van der Waals surface area contributed by atoms with Crippen molar-refractivity contribution in [1.29, 1.82) is 0 Å². The van der Waals surface area contributed by atoms with Crippen LogP contribution in [0.25, 0.3) is 0 Å². The average molecular weight is 469 g/mol. The first-order valence-corrected chi connectivity index (χ1v) is 10.7. The van der Waals surface area contributed by atoms with Crippen LogP contribution in [0.4, 0.5) is 21.0 Å². The lowest BCUT2D eigenvalue weighted by Crippen LogP contribution is -2.33. The van der Waals surface area contributed by atoms with Gasteiger partial charge in [0.1, 0.15) is 19.0 Å². The fraction of sp³-hybridized carbons (Fsp3) is 0.200. The van der Waals surface area contributed by atoms with Crippen molar-refractivity contribution in [3.63, 3.8) is 0 Å². The summed E-state index contributed by atoms with van der Waals surface area (Å²) in [5.41, 5.74) is 3.32. The second-order valence-corrected chi connectivity index (χ2v) is 7.81. The van der Waals surface area contributed by atoms with Crippen molar-refractivity contribution in [2.45, 2.75) is 20.0 Å². The summed E-state index contributed by atoms with van der Waals surface area (Å²) in [4.78, 5) is 24.5. The number of benzene rings is 3. The Morgan fingerprint density at radius 3 is 1.82 bits per heavy atom. The third-order valence-electron chi connectivity index (χ3n) is 4.52. The van der Waals surface area contributed by atoms with Crippen LogP contribution in [0.2, 0.25) is 5.02 Å². The van der Waals surface area contributed by atoms with Gasteiger partial charge in [0.2, 0.25) is 0 Å². The van der Waals surface area contributed by atoms with Gasteiger partial charge in [-0.05, 0) is 62.4 Å². The molecule has 7 nitrogen and oxygen atoms in total. The molecule has 2 amide bonds. The van der Waals surface area contributed by atoms with E-state index in [0.29, 0.717) is 22.1 Å². The van der Waals surface area contributed by atoms with E-state index in [4.69, 9.17) is 25.8 Å². The van der Waals surface area contributed by atoms with E-state index in [9.17, 15) is 9.59 Å². The van der Waals surface area contributed by atoms with Crippen LogP contribution in [0.1, 0.15) is 11.1 Å². The van der Waals surface area contributed by atoms with Gasteiger partial charge in [0.15, 0.2) is 6.10 Å². The van der Waals surface area contributed by atoms with Gasteiger partial charge in [-0.2, -0.15) is 0 Å². The SMILES string of the molecule is Cc1ccc(NC(=O)OC[C@@H](COc2ccc(Cl)cc2)OC(=O)Nc2ccc(C)cc2)cc1. The number of nitrogens with one attached hydrogen (secondary N) is 2. The highest BCUT2D eigenvalue weighted by Crippen LogP contribution is 2.16. The summed E-state index contributed by atoms with van der Waals surface area (Å²) < 4.78 is 16.4. The third kappa shape index (κ3) is 8.38. The van der Waals surface area contributed by atoms with E-state index < -0.39 is 18.3 Å². The monoisotopic (exact) mass is 468 g/mol. The third-order valence-corrected chi connectivity index (χ3v) is 4.77. The fourth-order valence-electron chi connectivity index (χ4n) is 2.73. The van der Waals surface area contributed by atoms with Crippen LogP contribution < -0.4 is 15.4 Å². The topological polar surface area (TPSA) is 85.9 Å². The highest BCUT2D eigenvalue weighted by molar-refractivity contribution is 6.30. The number of halogens is 1. The maximum atomic E-state index is 12.4. The van der Waals surface area contributed by atoms with Crippen LogP contribution >= 0.6 is 11.6 Å². The molecule has 0 aliphatic rings. The van der Waals surface area contributed by atoms with Crippen LogP contribution in [0.5, 0.6) is 5.75 Å². The molecule has 0 radical (unpaired) electrons. The first-order chi connectivity index (χ1) is 15.9. The van der Waals surface area contributed by atoms with Gasteiger partial charge in [-0.15, -0.1) is 0 Å². The van der Waals surface area contributed by atoms with Gasteiger partial charge in [-0.1, -0.05) is 47.0 Å². The second-order valence-electron chi connectivity index (χ2n) is 7.37. The zero-order valence-electron chi connectivity index (χ0n) is 18.3. The summed E-state index contributed by atoms with van der Waals surface area (Å²) in [6, 6.07) is 21.3. The lowest BCUT2D eigenvalue weighted by Gasteiger charge is -2.19.